The minimum absolute atomic E-state index is 0.216. The fourth-order valence-corrected chi connectivity index (χ4v) is 2.71. The van der Waals surface area contributed by atoms with E-state index in [2.05, 4.69) is 22.6 Å². The van der Waals surface area contributed by atoms with Crippen molar-refractivity contribution in [3.8, 4) is 0 Å². The van der Waals surface area contributed by atoms with Crippen molar-refractivity contribution >= 4 is 45.8 Å². The highest BCUT2D eigenvalue weighted by Gasteiger charge is 2.30. The summed E-state index contributed by atoms with van der Waals surface area (Å²) in [5, 5.41) is 0.688. The van der Waals surface area contributed by atoms with E-state index in [1.165, 1.54) is 7.11 Å². The molecule has 0 aliphatic rings. The maximum Gasteiger partial charge on any atom is 0.313 e. The van der Waals surface area contributed by atoms with Gasteiger partial charge in [0.05, 0.1) is 18.2 Å². The Balaban J connectivity index is 2.91. The van der Waals surface area contributed by atoms with E-state index in [4.69, 9.17) is 16.3 Å². The van der Waals surface area contributed by atoms with E-state index >= 15 is 0 Å². The quantitative estimate of drug-likeness (QED) is 0.590. The van der Waals surface area contributed by atoms with Crippen LogP contribution in [0.2, 0.25) is 5.02 Å². The molecule has 0 unspecified atom stereocenters. The van der Waals surface area contributed by atoms with Gasteiger partial charge < -0.3 is 9.64 Å². The zero-order valence-electron chi connectivity index (χ0n) is 11.0. The molecule has 1 rings (SSSR count). The van der Waals surface area contributed by atoms with E-state index < -0.39 is 5.41 Å². The number of nitrogens with zero attached hydrogens (tertiary/aromatic N) is 1. The molecule has 0 atom stereocenters. The van der Waals surface area contributed by atoms with Crippen molar-refractivity contribution in [3.05, 3.63) is 26.8 Å². The van der Waals surface area contributed by atoms with Crippen LogP contribution in [0.25, 0.3) is 0 Å². The van der Waals surface area contributed by atoms with E-state index in [0.717, 1.165) is 9.26 Å². The van der Waals surface area contributed by atoms with Crippen molar-refractivity contribution in [2.45, 2.75) is 13.8 Å². The fraction of sp³-hybridized carbons (Fsp3) is 0.462. The number of anilines is 1. The second kappa shape index (κ2) is 6.10. The van der Waals surface area contributed by atoms with Crippen LogP contribution in [0.5, 0.6) is 0 Å². The number of hydrogen-bond donors (Lipinski definition) is 0. The van der Waals surface area contributed by atoms with Crippen molar-refractivity contribution in [3.63, 3.8) is 0 Å². The number of methoxy groups -OCH3 is 1. The van der Waals surface area contributed by atoms with Crippen LogP contribution in [0.3, 0.4) is 0 Å². The molecular weight excluding hydrogens is 365 g/mol. The molecule has 3 nitrogen and oxygen atoms in total. The monoisotopic (exact) mass is 381 g/mol. The van der Waals surface area contributed by atoms with Crippen molar-refractivity contribution in [1.29, 1.82) is 0 Å². The zero-order chi connectivity index (χ0) is 13.9. The lowest BCUT2D eigenvalue weighted by Gasteiger charge is -2.30. The lowest BCUT2D eigenvalue weighted by atomic mass is 9.93. The highest BCUT2D eigenvalue weighted by atomic mass is 127. The third-order valence-electron chi connectivity index (χ3n) is 2.69. The molecule has 0 aromatic heterocycles. The number of carbonyl (C=O) groups is 1. The molecule has 0 aliphatic heterocycles. The molecule has 0 fully saturated rings. The standard InChI is InChI=1S/C13H17ClINO2/c1-13(2,12(17)18-4)8-16(3)11-7-9(14)5-6-10(11)15/h5-7H,8H2,1-4H3. The second-order valence-electron chi connectivity index (χ2n) is 4.83. The highest BCUT2D eigenvalue weighted by Crippen LogP contribution is 2.28. The van der Waals surface area contributed by atoms with Crippen LogP contribution < -0.4 is 4.90 Å². The SMILES string of the molecule is COC(=O)C(C)(C)CN(C)c1cc(Cl)ccc1I. The Morgan fingerprint density at radius 1 is 1.50 bits per heavy atom. The van der Waals surface area contributed by atoms with E-state index in [1.807, 2.05) is 44.0 Å². The maximum absolute atomic E-state index is 11.7. The van der Waals surface area contributed by atoms with E-state index in [0.29, 0.717) is 11.6 Å². The topological polar surface area (TPSA) is 29.5 Å². The molecule has 100 valence electrons. The van der Waals surface area contributed by atoms with Crippen LogP contribution in [0.4, 0.5) is 5.69 Å². The molecule has 0 saturated carbocycles. The normalized spacial score (nSPS) is 11.2. The minimum atomic E-state index is -0.561. The Labute approximate surface area is 127 Å². The number of carbonyl (C=O) groups excluding carboxylic acids is 1. The molecule has 0 amide bonds. The second-order valence-corrected chi connectivity index (χ2v) is 6.43. The van der Waals surface area contributed by atoms with Gasteiger partial charge in [-0.25, -0.2) is 0 Å². The number of rotatable bonds is 4. The summed E-state index contributed by atoms with van der Waals surface area (Å²) >= 11 is 8.25. The van der Waals surface area contributed by atoms with Crippen LogP contribution in [0, 0.1) is 8.99 Å². The predicted molar refractivity (Wildman–Crippen MR) is 83.2 cm³/mol. The van der Waals surface area contributed by atoms with Crippen LogP contribution in [0.15, 0.2) is 18.2 Å². The van der Waals surface area contributed by atoms with Crippen molar-refractivity contribution < 1.29 is 9.53 Å². The molecular formula is C13H17ClINO2. The van der Waals surface area contributed by atoms with Crippen molar-refractivity contribution in [2.24, 2.45) is 5.41 Å². The van der Waals surface area contributed by atoms with Gasteiger partial charge in [-0.05, 0) is 54.6 Å². The number of esters is 1. The Morgan fingerprint density at radius 2 is 2.11 bits per heavy atom. The molecule has 0 aliphatic carbocycles. The summed E-state index contributed by atoms with van der Waals surface area (Å²) in [7, 11) is 3.35. The molecule has 5 heteroatoms. The summed E-state index contributed by atoms with van der Waals surface area (Å²) in [6.07, 6.45) is 0. The largest absolute Gasteiger partial charge is 0.469 e. The number of ether oxygens (including phenoxy) is 1. The van der Waals surface area contributed by atoms with Gasteiger partial charge in [-0.3, -0.25) is 4.79 Å². The van der Waals surface area contributed by atoms with Crippen LogP contribution >= 0.6 is 34.2 Å². The van der Waals surface area contributed by atoms with Gasteiger partial charge in [0.25, 0.3) is 0 Å². The zero-order valence-corrected chi connectivity index (χ0v) is 13.9. The molecule has 0 saturated heterocycles. The highest BCUT2D eigenvalue weighted by molar-refractivity contribution is 14.1. The van der Waals surface area contributed by atoms with Crippen LogP contribution in [0.1, 0.15) is 13.8 Å². The smallest absolute Gasteiger partial charge is 0.313 e. The maximum atomic E-state index is 11.7. The summed E-state index contributed by atoms with van der Waals surface area (Å²) in [5.74, 6) is -0.216. The molecule has 0 radical (unpaired) electrons. The lowest BCUT2D eigenvalue weighted by Crippen LogP contribution is -2.38. The van der Waals surface area contributed by atoms with Crippen LogP contribution in [-0.4, -0.2) is 26.7 Å². The molecule has 18 heavy (non-hydrogen) atoms. The molecule has 0 bridgehead atoms. The first-order chi connectivity index (χ1) is 8.27. The van der Waals surface area contributed by atoms with Gasteiger partial charge in [-0.2, -0.15) is 0 Å². The van der Waals surface area contributed by atoms with Gasteiger partial charge in [-0.15, -0.1) is 0 Å². The third kappa shape index (κ3) is 3.75. The Hall–Kier alpha value is -0.490. The predicted octanol–water partition coefficient (Wildman–Crippen LogP) is 3.58. The first-order valence-corrected chi connectivity index (χ1v) is 6.98. The first-order valence-electron chi connectivity index (χ1n) is 5.52. The van der Waals surface area contributed by atoms with Gasteiger partial charge in [0.2, 0.25) is 0 Å². The summed E-state index contributed by atoms with van der Waals surface area (Å²) in [5.41, 5.74) is 0.453. The molecule has 1 aromatic rings. The molecule has 0 N–H and O–H groups in total. The van der Waals surface area contributed by atoms with Gasteiger partial charge in [0, 0.05) is 22.2 Å². The molecule has 0 heterocycles. The van der Waals surface area contributed by atoms with E-state index in [1.54, 1.807) is 0 Å². The van der Waals surface area contributed by atoms with Gasteiger partial charge in [0.15, 0.2) is 0 Å². The van der Waals surface area contributed by atoms with E-state index in [-0.39, 0.29) is 5.97 Å². The molecule has 1 aromatic carbocycles. The van der Waals surface area contributed by atoms with Crippen molar-refractivity contribution in [2.75, 3.05) is 25.6 Å². The molecule has 0 spiro atoms. The minimum Gasteiger partial charge on any atom is -0.469 e. The lowest BCUT2D eigenvalue weighted by molar-refractivity contribution is -0.150. The number of benzene rings is 1. The average Bonchev–Trinajstić information content (AvgIpc) is 2.30. The summed E-state index contributed by atoms with van der Waals surface area (Å²) < 4.78 is 5.91. The Kier molecular flexibility index (Phi) is 5.28. The summed E-state index contributed by atoms with van der Waals surface area (Å²) in [4.78, 5) is 13.7. The Morgan fingerprint density at radius 3 is 2.67 bits per heavy atom. The van der Waals surface area contributed by atoms with Gasteiger partial charge in [0.1, 0.15) is 0 Å². The van der Waals surface area contributed by atoms with E-state index in [9.17, 15) is 4.79 Å². The average molecular weight is 382 g/mol. The summed E-state index contributed by atoms with van der Waals surface area (Å²) in [6.45, 7) is 4.30. The first kappa shape index (κ1) is 15.6. The summed E-state index contributed by atoms with van der Waals surface area (Å²) in [6, 6.07) is 5.71. The van der Waals surface area contributed by atoms with Crippen molar-refractivity contribution in [1.82, 2.24) is 0 Å². The third-order valence-corrected chi connectivity index (χ3v) is 3.84. The Bertz CT molecular complexity index is 449. The van der Waals surface area contributed by atoms with Gasteiger partial charge in [-0.1, -0.05) is 11.6 Å². The number of hydrogen-bond acceptors (Lipinski definition) is 3. The van der Waals surface area contributed by atoms with Gasteiger partial charge >= 0.3 is 5.97 Å². The number of halogens is 2. The fourth-order valence-electron chi connectivity index (χ4n) is 1.80. The van der Waals surface area contributed by atoms with Crippen LogP contribution in [-0.2, 0) is 9.53 Å².